The van der Waals surface area contributed by atoms with Gasteiger partial charge in [0.15, 0.2) is 5.82 Å². The van der Waals surface area contributed by atoms with Gasteiger partial charge in [-0.3, -0.25) is 0 Å². The molecule has 0 aliphatic carbocycles. The molecule has 0 N–H and O–H groups in total. The molecular formula is C20H32FN3O2Si. The first-order valence-corrected chi connectivity index (χ1v) is 13.6. The summed E-state index contributed by atoms with van der Waals surface area (Å²) in [6.07, 6.45) is 3.34. The molecule has 0 radical (unpaired) electrons. The van der Waals surface area contributed by atoms with Crippen LogP contribution in [0.4, 0.5) is 4.39 Å². The summed E-state index contributed by atoms with van der Waals surface area (Å²) < 4.78 is 27.5. The third-order valence-corrected chi connectivity index (χ3v) is 6.86. The Morgan fingerprint density at radius 3 is 2.59 bits per heavy atom. The molecule has 27 heavy (non-hydrogen) atoms. The van der Waals surface area contributed by atoms with Crippen LogP contribution in [0.3, 0.4) is 0 Å². The lowest BCUT2D eigenvalue weighted by molar-refractivity contribution is 0.0809. The zero-order valence-electron chi connectivity index (χ0n) is 17.1. The van der Waals surface area contributed by atoms with Gasteiger partial charge in [0.1, 0.15) is 18.0 Å². The van der Waals surface area contributed by atoms with Gasteiger partial charge in [-0.15, -0.1) is 0 Å². The Labute approximate surface area is 162 Å². The van der Waals surface area contributed by atoms with E-state index in [0.29, 0.717) is 17.9 Å². The predicted molar refractivity (Wildman–Crippen MR) is 110 cm³/mol. The van der Waals surface area contributed by atoms with Gasteiger partial charge in [0.25, 0.3) is 0 Å². The molecule has 2 heterocycles. The molecular weight excluding hydrogens is 361 g/mol. The maximum Gasteiger partial charge on any atom is 0.152 e. The van der Waals surface area contributed by atoms with E-state index in [1.54, 1.807) is 11.8 Å². The number of likely N-dealkylation sites (tertiary alicyclic amines) is 1. The second kappa shape index (κ2) is 8.71. The van der Waals surface area contributed by atoms with Crippen LogP contribution >= 0.6 is 0 Å². The van der Waals surface area contributed by atoms with E-state index in [2.05, 4.69) is 24.5 Å². The third-order valence-electron chi connectivity index (χ3n) is 5.16. The number of halogens is 1. The monoisotopic (exact) mass is 393 g/mol. The van der Waals surface area contributed by atoms with Crippen LogP contribution in [-0.2, 0) is 17.9 Å². The zero-order valence-corrected chi connectivity index (χ0v) is 18.1. The summed E-state index contributed by atoms with van der Waals surface area (Å²) >= 11 is 0. The molecule has 1 saturated heterocycles. The van der Waals surface area contributed by atoms with Crippen molar-refractivity contribution in [2.45, 2.75) is 51.7 Å². The predicted octanol–water partition coefficient (Wildman–Crippen LogP) is 4.13. The summed E-state index contributed by atoms with van der Waals surface area (Å²) in [6.45, 7) is 11.2. The van der Waals surface area contributed by atoms with Crippen molar-refractivity contribution in [1.82, 2.24) is 14.7 Å². The lowest BCUT2D eigenvalue weighted by Gasteiger charge is -2.15. The van der Waals surface area contributed by atoms with Gasteiger partial charge in [-0.25, -0.2) is 9.07 Å². The van der Waals surface area contributed by atoms with Crippen molar-refractivity contribution >= 4 is 19.0 Å². The number of benzene rings is 1. The number of fused-ring (bicyclic) bond motifs is 1. The zero-order chi connectivity index (χ0) is 19.4. The van der Waals surface area contributed by atoms with E-state index in [0.717, 1.165) is 43.2 Å². The SMILES string of the molecule is COc1cc(F)c2c(c1)c(CCN1CCCC1)nn2COCC[Si](C)(C)C. The lowest BCUT2D eigenvalue weighted by atomic mass is 10.1. The van der Waals surface area contributed by atoms with E-state index in [4.69, 9.17) is 14.6 Å². The Morgan fingerprint density at radius 2 is 1.93 bits per heavy atom. The minimum atomic E-state index is -1.15. The topological polar surface area (TPSA) is 39.5 Å². The molecule has 0 saturated carbocycles. The number of methoxy groups -OCH3 is 1. The van der Waals surface area contributed by atoms with Crippen LogP contribution in [-0.4, -0.2) is 56.1 Å². The molecule has 0 unspecified atom stereocenters. The number of hydrogen-bond acceptors (Lipinski definition) is 4. The molecule has 2 aromatic rings. The number of aromatic nitrogens is 2. The van der Waals surface area contributed by atoms with Gasteiger partial charge in [-0.1, -0.05) is 19.6 Å². The quantitative estimate of drug-likeness (QED) is 0.474. The van der Waals surface area contributed by atoms with Crippen molar-refractivity contribution in [2.75, 3.05) is 33.4 Å². The molecule has 0 atom stereocenters. The molecule has 3 rings (SSSR count). The van der Waals surface area contributed by atoms with Gasteiger partial charge in [-0.05, 0) is 38.0 Å². The normalized spacial score (nSPS) is 15.7. The highest BCUT2D eigenvalue weighted by atomic mass is 28.3. The van der Waals surface area contributed by atoms with Crippen LogP contribution in [0, 0.1) is 5.82 Å². The second-order valence-electron chi connectivity index (χ2n) is 8.60. The molecule has 1 aromatic heterocycles. The van der Waals surface area contributed by atoms with Crippen LogP contribution in [0.2, 0.25) is 25.7 Å². The van der Waals surface area contributed by atoms with Gasteiger partial charge in [0, 0.05) is 39.1 Å². The minimum absolute atomic E-state index is 0.286. The average molecular weight is 394 g/mol. The molecule has 1 fully saturated rings. The fourth-order valence-electron chi connectivity index (χ4n) is 3.50. The van der Waals surface area contributed by atoms with Crippen molar-refractivity contribution in [3.8, 4) is 5.75 Å². The Kier molecular flexibility index (Phi) is 6.55. The van der Waals surface area contributed by atoms with Gasteiger partial charge in [0.2, 0.25) is 0 Å². The van der Waals surface area contributed by atoms with Crippen LogP contribution in [0.25, 0.3) is 10.9 Å². The second-order valence-corrected chi connectivity index (χ2v) is 14.2. The molecule has 150 valence electrons. The first-order valence-electron chi connectivity index (χ1n) is 9.90. The van der Waals surface area contributed by atoms with Gasteiger partial charge in [-0.2, -0.15) is 5.10 Å². The summed E-state index contributed by atoms with van der Waals surface area (Å²) in [5.41, 5.74) is 1.43. The molecule has 0 bridgehead atoms. The lowest BCUT2D eigenvalue weighted by Crippen LogP contribution is -2.22. The summed E-state index contributed by atoms with van der Waals surface area (Å²) in [5.74, 6) is 0.222. The van der Waals surface area contributed by atoms with Crippen molar-refractivity contribution in [3.63, 3.8) is 0 Å². The number of ether oxygens (including phenoxy) is 2. The third kappa shape index (κ3) is 5.30. The summed E-state index contributed by atoms with van der Waals surface area (Å²) in [7, 11) is 0.418. The van der Waals surface area contributed by atoms with Crippen LogP contribution in [0.15, 0.2) is 12.1 Å². The first-order chi connectivity index (χ1) is 12.9. The number of hydrogen-bond donors (Lipinski definition) is 0. The maximum absolute atomic E-state index is 14.7. The Morgan fingerprint density at radius 1 is 1.19 bits per heavy atom. The van der Waals surface area contributed by atoms with E-state index >= 15 is 0 Å². The van der Waals surface area contributed by atoms with Crippen molar-refractivity contribution in [1.29, 1.82) is 0 Å². The van der Waals surface area contributed by atoms with E-state index in [9.17, 15) is 4.39 Å². The van der Waals surface area contributed by atoms with Crippen molar-refractivity contribution in [2.24, 2.45) is 0 Å². The maximum atomic E-state index is 14.7. The smallest absolute Gasteiger partial charge is 0.152 e. The van der Waals surface area contributed by atoms with Gasteiger partial charge in [0.05, 0.1) is 12.8 Å². The molecule has 0 spiro atoms. The van der Waals surface area contributed by atoms with E-state index < -0.39 is 8.07 Å². The Bertz CT molecular complexity index is 767. The van der Waals surface area contributed by atoms with E-state index in [-0.39, 0.29) is 12.5 Å². The molecule has 1 aromatic carbocycles. The Hall–Kier alpha value is -1.44. The van der Waals surface area contributed by atoms with Crippen LogP contribution in [0.1, 0.15) is 18.5 Å². The van der Waals surface area contributed by atoms with E-state index in [1.807, 2.05) is 6.07 Å². The number of nitrogens with zero attached hydrogens (tertiary/aromatic N) is 3. The first kappa shape index (κ1) is 20.3. The highest BCUT2D eigenvalue weighted by Crippen LogP contribution is 2.28. The highest BCUT2D eigenvalue weighted by Gasteiger charge is 2.19. The molecule has 1 aliphatic heterocycles. The minimum Gasteiger partial charge on any atom is -0.497 e. The Balaban J connectivity index is 1.79. The fourth-order valence-corrected chi connectivity index (χ4v) is 4.26. The average Bonchev–Trinajstić information content (AvgIpc) is 3.24. The molecule has 0 amide bonds. The van der Waals surface area contributed by atoms with Crippen molar-refractivity contribution in [3.05, 3.63) is 23.6 Å². The van der Waals surface area contributed by atoms with E-state index in [1.165, 1.54) is 18.9 Å². The van der Waals surface area contributed by atoms with Crippen molar-refractivity contribution < 1.29 is 13.9 Å². The highest BCUT2D eigenvalue weighted by molar-refractivity contribution is 6.76. The standard InChI is InChI=1S/C20H32FN3O2Si/c1-25-16-13-17-19(7-10-23-8-5-6-9-23)22-24(20(17)18(21)14-16)15-26-11-12-27(2,3)4/h13-14H,5-12,15H2,1-4H3. The van der Waals surface area contributed by atoms with Gasteiger partial charge < -0.3 is 14.4 Å². The summed E-state index contributed by atoms with van der Waals surface area (Å²) in [5, 5.41) is 5.53. The van der Waals surface area contributed by atoms with Crippen LogP contribution in [0.5, 0.6) is 5.75 Å². The number of rotatable bonds is 9. The summed E-state index contributed by atoms with van der Waals surface area (Å²) in [4.78, 5) is 2.45. The fraction of sp³-hybridized carbons (Fsp3) is 0.650. The molecule has 5 nitrogen and oxygen atoms in total. The van der Waals surface area contributed by atoms with Gasteiger partial charge >= 0.3 is 0 Å². The largest absolute Gasteiger partial charge is 0.497 e. The molecule has 1 aliphatic rings. The van der Waals surface area contributed by atoms with Crippen LogP contribution < -0.4 is 4.74 Å². The summed E-state index contributed by atoms with van der Waals surface area (Å²) in [6, 6.07) is 4.40. The molecule has 7 heteroatoms.